The molecule has 5 heteroatoms. The highest BCUT2D eigenvalue weighted by atomic mass is 16.5. The number of benzene rings is 1. The SMILES string of the molecule is COc1ccccc1-c1oc(C)c(C(=O)O)c1CCCCCC=O. The van der Waals surface area contributed by atoms with E-state index in [0.717, 1.165) is 31.1 Å². The Bertz CT molecular complexity index is 715. The Kier molecular flexibility index (Phi) is 6.18. The average Bonchev–Trinajstić information content (AvgIpc) is 2.91. The standard InChI is InChI=1S/C19H22O5/c1-13-17(19(21)22)15(10-5-3-4-8-12-20)18(24-13)14-9-6-7-11-16(14)23-2/h6-7,9,11-12H,3-5,8,10H2,1-2H3,(H,21,22). The fourth-order valence-electron chi connectivity index (χ4n) is 2.87. The summed E-state index contributed by atoms with van der Waals surface area (Å²) in [4.78, 5) is 22.0. The third-order valence-corrected chi connectivity index (χ3v) is 4.00. The van der Waals surface area contributed by atoms with Crippen molar-refractivity contribution in [3.05, 3.63) is 41.2 Å². The summed E-state index contributed by atoms with van der Waals surface area (Å²) in [6, 6.07) is 7.40. The maximum atomic E-state index is 11.6. The van der Waals surface area contributed by atoms with Gasteiger partial charge >= 0.3 is 5.97 Å². The van der Waals surface area contributed by atoms with Crippen LogP contribution in [0.25, 0.3) is 11.3 Å². The quantitative estimate of drug-likeness (QED) is 0.549. The van der Waals surface area contributed by atoms with Crippen molar-refractivity contribution in [3.8, 4) is 17.1 Å². The van der Waals surface area contributed by atoms with Gasteiger partial charge in [0, 0.05) is 12.0 Å². The van der Waals surface area contributed by atoms with Gasteiger partial charge in [-0.15, -0.1) is 0 Å². The van der Waals surface area contributed by atoms with Gasteiger partial charge in [0.25, 0.3) is 0 Å². The van der Waals surface area contributed by atoms with E-state index in [1.807, 2.05) is 24.3 Å². The summed E-state index contributed by atoms with van der Waals surface area (Å²) in [6.45, 7) is 1.66. The molecule has 24 heavy (non-hydrogen) atoms. The second-order valence-electron chi connectivity index (χ2n) is 5.61. The second kappa shape index (κ2) is 8.34. The molecule has 1 aromatic heterocycles. The summed E-state index contributed by atoms with van der Waals surface area (Å²) >= 11 is 0. The van der Waals surface area contributed by atoms with Crippen molar-refractivity contribution in [2.75, 3.05) is 7.11 Å². The third-order valence-electron chi connectivity index (χ3n) is 4.00. The fraction of sp³-hybridized carbons (Fsp3) is 0.368. The molecule has 2 rings (SSSR count). The number of hydrogen-bond acceptors (Lipinski definition) is 4. The van der Waals surface area contributed by atoms with Gasteiger partial charge in [-0.05, 0) is 38.3 Å². The molecule has 1 N–H and O–H groups in total. The van der Waals surface area contributed by atoms with Crippen LogP contribution in [0.15, 0.2) is 28.7 Å². The summed E-state index contributed by atoms with van der Waals surface area (Å²) in [7, 11) is 1.58. The van der Waals surface area contributed by atoms with Crippen LogP contribution >= 0.6 is 0 Å². The number of unbranched alkanes of at least 4 members (excludes halogenated alkanes) is 3. The minimum atomic E-state index is -0.986. The van der Waals surface area contributed by atoms with Crippen molar-refractivity contribution < 1.29 is 23.8 Å². The van der Waals surface area contributed by atoms with E-state index < -0.39 is 5.97 Å². The van der Waals surface area contributed by atoms with Gasteiger partial charge in [0.15, 0.2) is 0 Å². The minimum absolute atomic E-state index is 0.228. The number of carboxylic acid groups (broad SMARTS) is 1. The number of ether oxygens (including phenoxy) is 1. The average molecular weight is 330 g/mol. The Balaban J connectivity index is 2.38. The van der Waals surface area contributed by atoms with Gasteiger partial charge < -0.3 is 19.1 Å². The Morgan fingerprint density at radius 1 is 1.25 bits per heavy atom. The van der Waals surface area contributed by atoms with Gasteiger partial charge in [0.2, 0.25) is 0 Å². The number of rotatable bonds is 9. The zero-order chi connectivity index (χ0) is 17.5. The lowest BCUT2D eigenvalue weighted by Gasteiger charge is -2.08. The molecule has 0 saturated carbocycles. The lowest BCUT2D eigenvalue weighted by atomic mass is 9.98. The predicted octanol–water partition coefficient (Wildman–Crippen LogP) is 4.26. The van der Waals surface area contributed by atoms with E-state index in [4.69, 9.17) is 9.15 Å². The Labute approximate surface area is 141 Å². The molecule has 2 aromatic rings. The molecule has 0 spiro atoms. The molecule has 128 valence electrons. The maximum Gasteiger partial charge on any atom is 0.339 e. The number of aldehydes is 1. The fourth-order valence-corrected chi connectivity index (χ4v) is 2.87. The monoisotopic (exact) mass is 330 g/mol. The minimum Gasteiger partial charge on any atom is -0.496 e. The van der Waals surface area contributed by atoms with Crippen LogP contribution in [0.1, 0.15) is 47.4 Å². The van der Waals surface area contributed by atoms with Crippen LogP contribution in [0.3, 0.4) is 0 Å². The van der Waals surface area contributed by atoms with Crippen molar-refractivity contribution in [3.63, 3.8) is 0 Å². The number of carboxylic acids is 1. The molecule has 1 aromatic carbocycles. The Hall–Kier alpha value is -2.56. The van der Waals surface area contributed by atoms with Crippen molar-refractivity contribution in [2.24, 2.45) is 0 Å². The predicted molar refractivity (Wildman–Crippen MR) is 90.6 cm³/mol. The topological polar surface area (TPSA) is 76.7 Å². The first-order valence-electron chi connectivity index (χ1n) is 8.02. The van der Waals surface area contributed by atoms with Crippen LogP contribution in [-0.2, 0) is 11.2 Å². The molecule has 0 unspecified atom stereocenters. The highest BCUT2D eigenvalue weighted by molar-refractivity contribution is 5.93. The van der Waals surface area contributed by atoms with Gasteiger partial charge in [0.1, 0.15) is 29.1 Å². The lowest BCUT2D eigenvalue weighted by Crippen LogP contribution is -2.02. The molecule has 0 bridgehead atoms. The summed E-state index contributed by atoms with van der Waals surface area (Å²) in [5.41, 5.74) is 1.67. The zero-order valence-electron chi connectivity index (χ0n) is 14.0. The third kappa shape index (κ3) is 3.85. The summed E-state index contributed by atoms with van der Waals surface area (Å²) in [6.07, 6.45) is 4.51. The van der Waals surface area contributed by atoms with Gasteiger partial charge in [-0.3, -0.25) is 0 Å². The first-order valence-corrected chi connectivity index (χ1v) is 8.02. The van der Waals surface area contributed by atoms with E-state index in [2.05, 4.69) is 0 Å². The molecular formula is C19H22O5. The summed E-state index contributed by atoms with van der Waals surface area (Å²) < 4.78 is 11.2. The molecule has 0 aliphatic heterocycles. The van der Waals surface area contributed by atoms with Crippen molar-refractivity contribution in [1.82, 2.24) is 0 Å². The number of hydrogen-bond donors (Lipinski definition) is 1. The molecule has 0 saturated heterocycles. The molecule has 0 aliphatic rings. The first-order chi connectivity index (χ1) is 11.6. The van der Waals surface area contributed by atoms with E-state index in [-0.39, 0.29) is 5.56 Å². The highest BCUT2D eigenvalue weighted by Crippen LogP contribution is 2.37. The number of aromatic carboxylic acids is 1. The van der Waals surface area contributed by atoms with Crippen molar-refractivity contribution in [2.45, 2.75) is 39.0 Å². The van der Waals surface area contributed by atoms with Gasteiger partial charge in [-0.2, -0.15) is 0 Å². The summed E-state index contributed by atoms with van der Waals surface area (Å²) in [5.74, 6) is 0.606. The molecule has 0 amide bonds. The number of aryl methyl sites for hydroxylation is 1. The van der Waals surface area contributed by atoms with Crippen molar-refractivity contribution in [1.29, 1.82) is 0 Å². The van der Waals surface area contributed by atoms with Gasteiger partial charge in [-0.1, -0.05) is 18.6 Å². The number of furan rings is 1. The molecule has 0 atom stereocenters. The molecule has 0 radical (unpaired) electrons. The largest absolute Gasteiger partial charge is 0.496 e. The van der Waals surface area contributed by atoms with Crippen LogP contribution < -0.4 is 4.74 Å². The highest BCUT2D eigenvalue weighted by Gasteiger charge is 2.25. The number of carbonyl (C=O) groups excluding carboxylic acids is 1. The van der Waals surface area contributed by atoms with Crippen LogP contribution in [0.2, 0.25) is 0 Å². The molecule has 1 heterocycles. The zero-order valence-corrected chi connectivity index (χ0v) is 14.0. The second-order valence-corrected chi connectivity index (χ2v) is 5.61. The van der Waals surface area contributed by atoms with Crippen LogP contribution in [0.4, 0.5) is 0 Å². The van der Waals surface area contributed by atoms with Crippen LogP contribution in [0, 0.1) is 6.92 Å². The smallest absolute Gasteiger partial charge is 0.339 e. The van der Waals surface area contributed by atoms with Gasteiger partial charge in [-0.25, -0.2) is 4.79 Å². The van der Waals surface area contributed by atoms with E-state index in [1.165, 1.54) is 0 Å². The Morgan fingerprint density at radius 3 is 2.67 bits per heavy atom. The molecule has 5 nitrogen and oxygen atoms in total. The molecule has 0 fully saturated rings. The molecular weight excluding hydrogens is 308 g/mol. The number of carbonyl (C=O) groups is 2. The van der Waals surface area contributed by atoms with E-state index in [9.17, 15) is 14.7 Å². The van der Waals surface area contributed by atoms with Crippen LogP contribution in [0.5, 0.6) is 5.75 Å². The molecule has 0 aliphatic carbocycles. The van der Waals surface area contributed by atoms with Crippen molar-refractivity contribution >= 4 is 12.3 Å². The van der Waals surface area contributed by atoms with E-state index >= 15 is 0 Å². The normalized spacial score (nSPS) is 10.6. The van der Waals surface area contributed by atoms with E-state index in [1.54, 1.807) is 14.0 Å². The number of para-hydroxylation sites is 1. The summed E-state index contributed by atoms with van der Waals surface area (Å²) in [5, 5.41) is 9.54. The first kappa shape index (κ1) is 17.8. The van der Waals surface area contributed by atoms with Crippen LogP contribution in [-0.4, -0.2) is 24.5 Å². The van der Waals surface area contributed by atoms with E-state index in [0.29, 0.717) is 35.7 Å². The Morgan fingerprint density at radius 2 is 2.00 bits per heavy atom. The maximum absolute atomic E-state index is 11.6. The lowest BCUT2D eigenvalue weighted by molar-refractivity contribution is -0.107. The number of methoxy groups -OCH3 is 1. The van der Waals surface area contributed by atoms with Gasteiger partial charge in [0.05, 0.1) is 12.7 Å².